The summed E-state index contributed by atoms with van der Waals surface area (Å²) in [4.78, 5) is 35.4. The van der Waals surface area contributed by atoms with Gasteiger partial charge < -0.3 is 20.3 Å². The molecule has 10 heteroatoms. The highest BCUT2D eigenvalue weighted by Gasteiger charge is 2.25. The summed E-state index contributed by atoms with van der Waals surface area (Å²) < 4.78 is 6.47. The first-order chi connectivity index (χ1) is 15.2. The molecular formula is C22H17Br2NO6S. The van der Waals surface area contributed by atoms with Gasteiger partial charge in [0.15, 0.2) is 23.0 Å². The molecule has 32 heavy (non-hydrogen) atoms. The number of benzene rings is 2. The van der Waals surface area contributed by atoms with Gasteiger partial charge in [0.05, 0.1) is 9.35 Å². The molecule has 0 aliphatic rings. The van der Waals surface area contributed by atoms with Crippen LogP contribution in [0.5, 0.6) is 5.75 Å². The molecule has 0 amide bonds. The van der Waals surface area contributed by atoms with E-state index in [0.717, 1.165) is 21.5 Å². The smallest absolute Gasteiger partial charge is 0.349 e. The summed E-state index contributed by atoms with van der Waals surface area (Å²) in [5.41, 5.74) is 2.13. The minimum atomic E-state index is -1.22. The van der Waals surface area contributed by atoms with E-state index in [9.17, 15) is 19.5 Å². The predicted molar refractivity (Wildman–Crippen MR) is 129 cm³/mol. The number of ether oxygens (including phenoxy) is 1. The molecule has 1 heterocycles. The van der Waals surface area contributed by atoms with Crippen molar-refractivity contribution in [3.05, 3.63) is 67.9 Å². The van der Waals surface area contributed by atoms with Crippen molar-refractivity contribution in [1.29, 1.82) is 0 Å². The first-order valence-corrected chi connectivity index (χ1v) is 11.6. The Morgan fingerprint density at radius 1 is 1.09 bits per heavy atom. The second-order valence-corrected chi connectivity index (χ2v) is 9.44. The van der Waals surface area contributed by atoms with E-state index in [0.29, 0.717) is 20.5 Å². The van der Waals surface area contributed by atoms with Crippen LogP contribution in [0.4, 0.5) is 5.69 Å². The van der Waals surface area contributed by atoms with Gasteiger partial charge in [0.25, 0.3) is 0 Å². The van der Waals surface area contributed by atoms with Gasteiger partial charge in [-0.1, -0.05) is 34.1 Å². The number of thiophene rings is 1. The number of anilines is 1. The number of ketones is 1. The Morgan fingerprint density at radius 2 is 1.78 bits per heavy atom. The van der Waals surface area contributed by atoms with Crippen molar-refractivity contribution in [2.24, 2.45) is 0 Å². The summed E-state index contributed by atoms with van der Waals surface area (Å²) >= 11 is 7.69. The second-order valence-electron chi connectivity index (χ2n) is 6.71. The molecule has 1 atom stereocenters. The number of carboxylic acid groups (broad SMARTS) is 2. The van der Waals surface area contributed by atoms with Crippen LogP contribution in [0.1, 0.15) is 28.2 Å². The van der Waals surface area contributed by atoms with Gasteiger partial charge in [-0.15, -0.1) is 11.3 Å². The molecule has 7 nitrogen and oxygen atoms in total. The summed E-state index contributed by atoms with van der Waals surface area (Å²) in [6.07, 6.45) is 0. The van der Waals surface area contributed by atoms with Gasteiger partial charge in [0.1, 0.15) is 6.04 Å². The molecule has 1 unspecified atom stereocenters. The number of hydrogen-bond donors (Lipinski definition) is 3. The maximum Gasteiger partial charge on any atom is 0.349 e. The minimum Gasteiger partial charge on any atom is -0.479 e. The third kappa shape index (κ3) is 5.56. The van der Waals surface area contributed by atoms with Gasteiger partial charge >= 0.3 is 11.9 Å². The number of hydrogen-bond acceptors (Lipinski definition) is 6. The van der Waals surface area contributed by atoms with E-state index in [2.05, 4.69) is 37.2 Å². The fourth-order valence-electron chi connectivity index (χ4n) is 2.98. The second kappa shape index (κ2) is 10.3. The van der Waals surface area contributed by atoms with Crippen LogP contribution in [-0.2, 0) is 9.59 Å². The average molecular weight is 583 g/mol. The Labute approximate surface area is 204 Å². The van der Waals surface area contributed by atoms with Crippen molar-refractivity contribution in [2.45, 2.75) is 13.0 Å². The predicted octanol–water partition coefficient (Wildman–Crippen LogP) is 5.84. The Morgan fingerprint density at radius 3 is 2.38 bits per heavy atom. The van der Waals surface area contributed by atoms with E-state index in [4.69, 9.17) is 9.84 Å². The molecule has 0 saturated heterocycles. The zero-order valence-corrected chi connectivity index (χ0v) is 20.6. The highest BCUT2D eigenvalue weighted by atomic mass is 79.9. The third-order valence-electron chi connectivity index (χ3n) is 4.39. The van der Waals surface area contributed by atoms with Gasteiger partial charge in [-0.2, -0.15) is 0 Å². The Kier molecular flexibility index (Phi) is 7.70. The first kappa shape index (κ1) is 24.0. The van der Waals surface area contributed by atoms with Crippen LogP contribution in [0.2, 0.25) is 0 Å². The highest BCUT2D eigenvalue weighted by Crippen LogP contribution is 2.46. The van der Waals surface area contributed by atoms with E-state index >= 15 is 0 Å². The minimum absolute atomic E-state index is 0.0404. The van der Waals surface area contributed by atoms with Crippen LogP contribution in [0.3, 0.4) is 0 Å². The number of halogens is 2. The van der Waals surface area contributed by atoms with Crippen molar-refractivity contribution in [3.8, 4) is 16.2 Å². The molecule has 166 valence electrons. The normalized spacial score (nSPS) is 11.6. The maximum atomic E-state index is 12.4. The van der Waals surface area contributed by atoms with Gasteiger partial charge in [-0.3, -0.25) is 4.79 Å². The molecule has 0 saturated carbocycles. The van der Waals surface area contributed by atoms with Crippen LogP contribution < -0.4 is 10.1 Å². The van der Waals surface area contributed by atoms with Crippen molar-refractivity contribution in [3.63, 3.8) is 0 Å². The summed E-state index contributed by atoms with van der Waals surface area (Å²) in [5, 5.41) is 21.6. The van der Waals surface area contributed by atoms with E-state index in [-0.39, 0.29) is 16.4 Å². The van der Waals surface area contributed by atoms with Crippen molar-refractivity contribution in [1.82, 2.24) is 0 Å². The molecule has 1 aromatic heterocycles. The van der Waals surface area contributed by atoms with Crippen LogP contribution in [0, 0.1) is 0 Å². The lowest BCUT2D eigenvalue weighted by atomic mass is 10.00. The highest BCUT2D eigenvalue weighted by molar-refractivity contribution is 9.11. The number of aliphatic carboxylic acids is 1. The molecule has 0 bridgehead atoms. The number of rotatable bonds is 9. The molecule has 0 aliphatic carbocycles. The van der Waals surface area contributed by atoms with Gasteiger partial charge in [-0.05, 0) is 64.3 Å². The molecule has 2 aromatic carbocycles. The largest absolute Gasteiger partial charge is 0.479 e. The monoisotopic (exact) mass is 581 g/mol. The molecule has 3 N–H and O–H groups in total. The number of carbonyl (C=O) groups is 3. The van der Waals surface area contributed by atoms with Crippen LogP contribution >= 0.6 is 43.2 Å². The topological polar surface area (TPSA) is 113 Å². The molecule has 0 aliphatic heterocycles. The Hall–Kier alpha value is -2.69. The van der Waals surface area contributed by atoms with Crippen molar-refractivity contribution >= 4 is 66.6 Å². The van der Waals surface area contributed by atoms with Crippen molar-refractivity contribution in [2.75, 3.05) is 11.9 Å². The summed E-state index contributed by atoms with van der Waals surface area (Å²) in [6.45, 7) is 0.823. The standard InChI is InChI=1S/C22H17Br2NO6S/c1-11(26)18(25-15-7-5-14(23)6-8-15)12-3-2-4-13(9-12)20-17(24)19(31-10-16(27)28)21(32-20)22(29)30/h2-9,18,25H,10H2,1H3,(H,27,28)(H,29,30). The first-order valence-electron chi connectivity index (χ1n) is 9.20. The Balaban J connectivity index is 1.99. The van der Waals surface area contributed by atoms with Gasteiger partial charge in [0, 0.05) is 10.2 Å². The maximum absolute atomic E-state index is 12.4. The number of aromatic carboxylic acids is 1. The lowest BCUT2D eigenvalue weighted by Crippen LogP contribution is -2.18. The molecule has 3 rings (SSSR count). The molecular weight excluding hydrogens is 566 g/mol. The lowest BCUT2D eigenvalue weighted by Gasteiger charge is -2.18. The summed E-state index contributed by atoms with van der Waals surface area (Å²) in [6, 6.07) is 14.0. The summed E-state index contributed by atoms with van der Waals surface area (Å²) in [7, 11) is 0. The number of carbonyl (C=O) groups excluding carboxylic acids is 1. The van der Waals surface area contributed by atoms with Crippen LogP contribution in [0.15, 0.2) is 57.5 Å². The van der Waals surface area contributed by atoms with Crippen LogP contribution in [-0.4, -0.2) is 34.5 Å². The Bertz CT molecular complexity index is 1180. The van der Waals surface area contributed by atoms with E-state index in [1.165, 1.54) is 6.92 Å². The zero-order chi connectivity index (χ0) is 23.4. The molecule has 0 fully saturated rings. The molecule has 0 spiro atoms. The van der Waals surface area contributed by atoms with E-state index < -0.39 is 24.6 Å². The van der Waals surface area contributed by atoms with E-state index in [1.54, 1.807) is 18.2 Å². The van der Waals surface area contributed by atoms with Crippen LogP contribution in [0.25, 0.3) is 10.4 Å². The zero-order valence-electron chi connectivity index (χ0n) is 16.6. The molecule has 3 aromatic rings. The quantitative estimate of drug-likeness (QED) is 0.290. The lowest BCUT2D eigenvalue weighted by molar-refractivity contribution is -0.139. The fourth-order valence-corrected chi connectivity index (χ4v) is 5.13. The SMILES string of the molecule is CC(=O)C(Nc1ccc(Br)cc1)c1cccc(-c2sc(C(=O)O)c(OCC(=O)O)c2Br)c1. The average Bonchev–Trinajstić information content (AvgIpc) is 3.08. The fraction of sp³-hybridized carbons (Fsp3) is 0.136. The number of Topliss-reactive ketones (excluding diaryl/α,β-unsaturated/α-hetero) is 1. The van der Waals surface area contributed by atoms with Crippen molar-refractivity contribution < 1.29 is 29.3 Å². The van der Waals surface area contributed by atoms with Gasteiger partial charge in [0.2, 0.25) is 0 Å². The summed E-state index contributed by atoms with van der Waals surface area (Å²) in [5.74, 6) is -2.57. The third-order valence-corrected chi connectivity index (χ3v) is 7.14. The van der Waals surface area contributed by atoms with Gasteiger partial charge in [-0.25, -0.2) is 9.59 Å². The van der Waals surface area contributed by atoms with E-state index in [1.807, 2.05) is 30.3 Å². The molecule has 0 radical (unpaired) electrons. The number of carboxylic acids is 2. The number of nitrogens with one attached hydrogen (secondary N) is 1.